The molecule has 5 nitrogen and oxygen atoms in total. The molecule has 0 unspecified atom stereocenters. The van der Waals surface area contributed by atoms with E-state index in [1.54, 1.807) is 4.90 Å². The number of hydrogen-bond donors (Lipinski definition) is 1. The standard InChI is InChI=1S/C19H22N2O3/c1-2-21(16-9-5-3-6-10-16)19(23)15-20-18(22)13-14-24-17-11-7-4-8-12-17/h3-12H,2,13-15H2,1H3,(H,20,22). The van der Waals surface area contributed by atoms with Gasteiger partial charge < -0.3 is 15.0 Å². The van der Waals surface area contributed by atoms with Crippen molar-refractivity contribution < 1.29 is 14.3 Å². The number of benzene rings is 2. The molecule has 0 saturated carbocycles. The lowest BCUT2D eigenvalue weighted by atomic mass is 10.3. The summed E-state index contributed by atoms with van der Waals surface area (Å²) >= 11 is 0. The molecular formula is C19H22N2O3. The third-order valence-electron chi connectivity index (χ3n) is 3.46. The van der Waals surface area contributed by atoms with Gasteiger partial charge in [-0.2, -0.15) is 0 Å². The van der Waals surface area contributed by atoms with Crippen LogP contribution in [-0.4, -0.2) is 31.5 Å². The summed E-state index contributed by atoms with van der Waals surface area (Å²) in [4.78, 5) is 25.7. The minimum atomic E-state index is -0.205. The van der Waals surface area contributed by atoms with Crippen molar-refractivity contribution in [3.63, 3.8) is 0 Å². The molecule has 0 aliphatic heterocycles. The number of likely N-dealkylation sites (N-methyl/N-ethyl adjacent to an activating group) is 1. The lowest BCUT2D eigenvalue weighted by Crippen LogP contribution is -2.40. The third-order valence-corrected chi connectivity index (χ3v) is 3.46. The van der Waals surface area contributed by atoms with Crippen molar-refractivity contribution in [3.8, 4) is 5.75 Å². The van der Waals surface area contributed by atoms with Crippen LogP contribution in [0.4, 0.5) is 5.69 Å². The fraction of sp³-hybridized carbons (Fsp3) is 0.263. The number of hydrogen-bond acceptors (Lipinski definition) is 3. The second-order valence-corrected chi connectivity index (χ2v) is 5.16. The fourth-order valence-corrected chi connectivity index (χ4v) is 2.25. The van der Waals surface area contributed by atoms with E-state index >= 15 is 0 Å². The van der Waals surface area contributed by atoms with E-state index < -0.39 is 0 Å². The molecule has 0 radical (unpaired) electrons. The highest BCUT2D eigenvalue weighted by molar-refractivity contribution is 5.96. The van der Waals surface area contributed by atoms with E-state index in [9.17, 15) is 9.59 Å². The molecule has 0 heterocycles. The lowest BCUT2D eigenvalue weighted by molar-refractivity contribution is -0.125. The van der Waals surface area contributed by atoms with Crippen LogP contribution in [0.25, 0.3) is 0 Å². The summed E-state index contributed by atoms with van der Waals surface area (Å²) in [6, 6.07) is 18.7. The van der Waals surface area contributed by atoms with Crippen LogP contribution in [0.5, 0.6) is 5.75 Å². The molecule has 0 fully saturated rings. The molecule has 0 saturated heterocycles. The zero-order valence-corrected chi connectivity index (χ0v) is 13.8. The average molecular weight is 326 g/mol. The molecule has 2 amide bonds. The Morgan fingerprint density at radius 1 is 1.00 bits per heavy atom. The number of carbonyl (C=O) groups excluding carboxylic acids is 2. The van der Waals surface area contributed by atoms with Crippen LogP contribution < -0.4 is 15.0 Å². The summed E-state index contributed by atoms with van der Waals surface area (Å²) in [5, 5.41) is 2.64. The van der Waals surface area contributed by atoms with Gasteiger partial charge in [-0.15, -0.1) is 0 Å². The number of nitrogens with zero attached hydrogens (tertiary/aromatic N) is 1. The Balaban J connectivity index is 1.73. The Morgan fingerprint density at radius 2 is 1.62 bits per heavy atom. The molecule has 24 heavy (non-hydrogen) atoms. The van der Waals surface area contributed by atoms with Gasteiger partial charge in [-0.25, -0.2) is 0 Å². The Kier molecular flexibility index (Phi) is 6.83. The first-order valence-electron chi connectivity index (χ1n) is 8.00. The van der Waals surface area contributed by atoms with Gasteiger partial charge in [-0.1, -0.05) is 36.4 Å². The van der Waals surface area contributed by atoms with E-state index in [0.717, 1.165) is 11.4 Å². The van der Waals surface area contributed by atoms with Gasteiger partial charge in [-0.3, -0.25) is 9.59 Å². The number of para-hydroxylation sites is 2. The van der Waals surface area contributed by atoms with Gasteiger partial charge in [0.15, 0.2) is 0 Å². The first-order chi connectivity index (χ1) is 11.7. The minimum absolute atomic E-state index is 0.0209. The van der Waals surface area contributed by atoms with Crippen LogP contribution in [-0.2, 0) is 9.59 Å². The predicted molar refractivity (Wildman–Crippen MR) is 94.0 cm³/mol. The van der Waals surface area contributed by atoms with Crippen molar-refractivity contribution in [3.05, 3.63) is 60.7 Å². The van der Waals surface area contributed by atoms with Gasteiger partial charge in [0.1, 0.15) is 5.75 Å². The highest BCUT2D eigenvalue weighted by atomic mass is 16.5. The molecule has 2 rings (SSSR count). The second kappa shape index (κ2) is 9.35. The third kappa shape index (κ3) is 5.43. The van der Waals surface area contributed by atoms with Crippen molar-refractivity contribution >= 4 is 17.5 Å². The summed E-state index contributed by atoms with van der Waals surface area (Å²) in [6.07, 6.45) is 0.208. The molecule has 1 N–H and O–H groups in total. The summed E-state index contributed by atoms with van der Waals surface area (Å²) in [5.74, 6) is 0.382. The Bertz CT molecular complexity index is 644. The van der Waals surface area contributed by atoms with Crippen LogP contribution in [0, 0.1) is 0 Å². The molecule has 2 aromatic rings. The molecule has 2 aromatic carbocycles. The molecule has 5 heteroatoms. The molecule has 126 valence electrons. The Hall–Kier alpha value is -2.82. The second-order valence-electron chi connectivity index (χ2n) is 5.16. The summed E-state index contributed by atoms with van der Waals surface area (Å²) < 4.78 is 5.47. The topological polar surface area (TPSA) is 58.6 Å². The summed E-state index contributed by atoms with van der Waals surface area (Å²) in [5.41, 5.74) is 0.826. The van der Waals surface area contributed by atoms with Crippen LogP contribution >= 0.6 is 0 Å². The Morgan fingerprint density at radius 3 is 2.25 bits per heavy atom. The average Bonchev–Trinajstić information content (AvgIpc) is 2.62. The van der Waals surface area contributed by atoms with Crippen LogP contribution in [0.3, 0.4) is 0 Å². The Labute approximate surface area is 142 Å². The lowest BCUT2D eigenvalue weighted by Gasteiger charge is -2.21. The minimum Gasteiger partial charge on any atom is -0.493 e. The zero-order chi connectivity index (χ0) is 17.2. The number of rotatable bonds is 8. The van der Waals surface area contributed by atoms with Crippen molar-refractivity contribution in [2.75, 3.05) is 24.6 Å². The molecule has 0 bridgehead atoms. The predicted octanol–water partition coefficient (Wildman–Crippen LogP) is 2.62. The maximum Gasteiger partial charge on any atom is 0.246 e. The SMILES string of the molecule is CCN(C(=O)CNC(=O)CCOc1ccccc1)c1ccccc1. The quantitative estimate of drug-likeness (QED) is 0.811. The first kappa shape index (κ1) is 17.5. The van der Waals surface area contributed by atoms with Crippen molar-refractivity contribution in [1.29, 1.82) is 0 Å². The van der Waals surface area contributed by atoms with Gasteiger partial charge in [-0.05, 0) is 31.2 Å². The number of carbonyl (C=O) groups is 2. The highest BCUT2D eigenvalue weighted by Crippen LogP contribution is 2.12. The smallest absolute Gasteiger partial charge is 0.246 e. The van der Waals surface area contributed by atoms with Crippen molar-refractivity contribution in [1.82, 2.24) is 5.32 Å². The van der Waals surface area contributed by atoms with Crippen molar-refractivity contribution in [2.45, 2.75) is 13.3 Å². The van der Waals surface area contributed by atoms with Gasteiger partial charge in [0.05, 0.1) is 19.6 Å². The highest BCUT2D eigenvalue weighted by Gasteiger charge is 2.14. The molecule has 0 spiro atoms. The zero-order valence-electron chi connectivity index (χ0n) is 13.8. The molecule has 0 aliphatic carbocycles. The van der Waals surface area contributed by atoms with E-state index in [1.165, 1.54) is 0 Å². The maximum atomic E-state index is 12.3. The molecule has 0 aromatic heterocycles. The summed E-state index contributed by atoms with van der Waals surface area (Å²) in [7, 11) is 0. The number of ether oxygens (including phenoxy) is 1. The normalized spacial score (nSPS) is 10.0. The fourth-order valence-electron chi connectivity index (χ4n) is 2.25. The van der Waals surface area contributed by atoms with E-state index in [2.05, 4.69) is 5.32 Å². The van der Waals surface area contributed by atoms with Gasteiger partial charge >= 0.3 is 0 Å². The van der Waals surface area contributed by atoms with Crippen LogP contribution in [0.2, 0.25) is 0 Å². The van der Waals surface area contributed by atoms with Crippen LogP contribution in [0.15, 0.2) is 60.7 Å². The summed E-state index contributed by atoms with van der Waals surface area (Å²) in [6.45, 7) is 2.71. The van der Waals surface area contributed by atoms with E-state index in [1.807, 2.05) is 67.6 Å². The van der Waals surface area contributed by atoms with Crippen LogP contribution in [0.1, 0.15) is 13.3 Å². The van der Waals surface area contributed by atoms with E-state index in [4.69, 9.17) is 4.74 Å². The monoisotopic (exact) mass is 326 g/mol. The molecule has 0 aliphatic rings. The number of nitrogens with one attached hydrogen (secondary N) is 1. The van der Waals surface area contributed by atoms with E-state index in [0.29, 0.717) is 6.54 Å². The molecule has 0 atom stereocenters. The number of amides is 2. The maximum absolute atomic E-state index is 12.3. The van der Waals surface area contributed by atoms with Gasteiger partial charge in [0.25, 0.3) is 0 Å². The van der Waals surface area contributed by atoms with E-state index in [-0.39, 0.29) is 31.4 Å². The largest absolute Gasteiger partial charge is 0.493 e. The number of anilines is 1. The van der Waals surface area contributed by atoms with Gasteiger partial charge in [0, 0.05) is 12.2 Å². The van der Waals surface area contributed by atoms with Gasteiger partial charge in [0.2, 0.25) is 11.8 Å². The molecular weight excluding hydrogens is 304 g/mol. The first-order valence-corrected chi connectivity index (χ1v) is 8.00. The van der Waals surface area contributed by atoms with Crippen molar-refractivity contribution in [2.24, 2.45) is 0 Å².